The van der Waals surface area contributed by atoms with Crippen LogP contribution in [0, 0.1) is 5.92 Å². The molecule has 0 unspecified atom stereocenters. The van der Waals surface area contributed by atoms with Gasteiger partial charge < -0.3 is 29.9 Å². The molecule has 2 heterocycles. The number of anilines is 1. The predicted octanol–water partition coefficient (Wildman–Crippen LogP) is 2.42. The molecule has 2 aromatic rings. The normalized spacial score (nSPS) is 21.2. The number of carbonyl (C=O) groups is 2. The fourth-order valence-corrected chi connectivity index (χ4v) is 6.33. The van der Waals surface area contributed by atoms with Gasteiger partial charge in [0.25, 0.3) is 15.9 Å². The quantitative estimate of drug-likeness (QED) is 0.437. The number of fused-ring (bicyclic) bond motifs is 1. The van der Waals surface area contributed by atoms with Crippen molar-refractivity contribution in [1.82, 2.24) is 24.1 Å². The minimum Gasteiger partial charge on any atom is -0.486 e. The van der Waals surface area contributed by atoms with Crippen LogP contribution in [0.1, 0.15) is 56.3 Å². The van der Waals surface area contributed by atoms with Gasteiger partial charge in [0.05, 0.1) is 36.8 Å². The largest absolute Gasteiger partial charge is 0.486 e. The van der Waals surface area contributed by atoms with E-state index in [-0.39, 0.29) is 53.9 Å². The number of nitrogens with zero attached hydrogens (tertiary/aromatic N) is 4. The van der Waals surface area contributed by atoms with Gasteiger partial charge >= 0.3 is 6.03 Å². The van der Waals surface area contributed by atoms with Crippen LogP contribution in [0.15, 0.2) is 35.7 Å². The monoisotopic (exact) mass is 576 g/mol. The van der Waals surface area contributed by atoms with Crippen molar-refractivity contribution in [1.29, 1.82) is 0 Å². The third kappa shape index (κ3) is 6.58. The summed E-state index contributed by atoms with van der Waals surface area (Å²) in [5.74, 6) is -0.495. The first kappa shape index (κ1) is 29.8. The lowest BCUT2D eigenvalue weighted by Gasteiger charge is -2.38. The van der Waals surface area contributed by atoms with Crippen LogP contribution in [0.25, 0.3) is 0 Å². The number of benzene rings is 1. The van der Waals surface area contributed by atoms with Gasteiger partial charge in [-0.25, -0.2) is 18.2 Å². The molecule has 40 heavy (non-hydrogen) atoms. The minimum absolute atomic E-state index is 0.0301. The molecule has 1 fully saturated rings. The van der Waals surface area contributed by atoms with Gasteiger partial charge in [-0.1, -0.05) is 32.3 Å². The number of sulfonamides is 1. The van der Waals surface area contributed by atoms with E-state index in [0.717, 1.165) is 32.1 Å². The summed E-state index contributed by atoms with van der Waals surface area (Å²) in [5.41, 5.74) is 0.535. The van der Waals surface area contributed by atoms with E-state index >= 15 is 0 Å². The number of para-hydroxylation sites is 1. The fraction of sp³-hybridized carbons (Fsp3) is 0.593. The smallest absolute Gasteiger partial charge is 0.319 e. The van der Waals surface area contributed by atoms with Crippen LogP contribution in [-0.2, 0) is 17.1 Å². The molecule has 3 atom stereocenters. The zero-order chi connectivity index (χ0) is 29.0. The summed E-state index contributed by atoms with van der Waals surface area (Å²) < 4.78 is 35.6. The number of hydrogen-bond acceptors (Lipinski definition) is 7. The number of aliphatic hydroxyl groups excluding tert-OH is 1. The van der Waals surface area contributed by atoms with Crippen molar-refractivity contribution in [2.24, 2.45) is 13.0 Å². The standard InChI is InChI=1S/C27H40N6O6S/c1-18-13-33(19(2)16-34)26(35)21-11-8-12-22(30-27(36)29-20-9-6-5-7-10-20)25(21)39-23(18)14-32(4)40(37,38)24-15-31(3)17-28-24/h8,11-12,15,17-20,23,34H,5-7,9-10,13-14,16H2,1-4H3,(H2,29,30,36)/t18-,19+,23-/m0/s1. The molecule has 3 N–H and O–H groups in total. The molecule has 1 saturated carbocycles. The summed E-state index contributed by atoms with van der Waals surface area (Å²) in [5, 5.41) is 15.7. The first-order valence-corrected chi connectivity index (χ1v) is 15.2. The number of imidazole rings is 1. The first-order valence-electron chi connectivity index (χ1n) is 13.7. The van der Waals surface area contributed by atoms with Crippen molar-refractivity contribution < 1.29 is 27.9 Å². The number of ether oxygens (including phenoxy) is 1. The fourth-order valence-electron chi connectivity index (χ4n) is 5.18. The number of carbonyl (C=O) groups excluding carboxylic acids is 2. The van der Waals surface area contributed by atoms with E-state index in [0.29, 0.717) is 5.69 Å². The van der Waals surface area contributed by atoms with E-state index in [9.17, 15) is 23.1 Å². The third-order valence-electron chi connectivity index (χ3n) is 7.67. The van der Waals surface area contributed by atoms with Crippen LogP contribution in [0.3, 0.4) is 0 Å². The third-order valence-corrected chi connectivity index (χ3v) is 9.38. The summed E-state index contributed by atoms with van der Waals surface area (Å²) in [6.45, 7) is 3.58. The highest BCUT2D eigenvalue weighted by atomic mass is 32.2. The van der Waals surface area contributed by atoms with E-state index in [1.165, 1.54) is 23.9 Å². The molecular weight excluding hydrogens is 536 g/mol. The molecule has 1 aliphatic heterocycles. The number of urea groups is 1. The highest BCUT2D eigenvalue weighted by Crippen LogP contribution is 2.35. The molecule has 0 radical (unpaired) electrons. The number of aryl methyl sites for hydroxylation is 1. The molecule has 3 amide bonds. The Balaban J connectivity index is 1.65. The number of likely N-dealkylation sites (N-methyl/N-ethyl adjacent to an activating group) is 1. The van der Waals surface area contributed by atoms with Gasteiger partial charge in [0.1, 0.15) is 6.10 Å². The van der Waals surface area contributed by atoms with Crippen molar-refractivity contribution >= 4 is 27.6 Å². The van der Waals surface area contributed by atoms with Gasteiger partial charge in [0.2, 0.25) is 0 Å². The molecule has 0 bridgehead atoms. The Morgan fingerprint density at radius 2 is 2.00 bits per heavy atom. The van der Waals surface area contributed by atoms with Crippen molar-refractivity contribution in [3.63, 3.8) is 0 Å². The van der Waals surface area contributed by atoms with Crippen LogP contribution >= 0.6 is 0 Å². The van der Waals surface area contributed by atoms with Gasteiger partial charge in [-0.05, 0) is 31.9 Å². The Kier molecular flexibility index (Phi) is 9.37. The van der Waals surface area contributed by atoms with E-state index in [2.05, 4.69) is 15.6 Å². The second kappa shape index (κ2) is 12.6. The van der Waals surface area contributed by atoms with Gasteiger partial charge in [-0.15, -0.1) is 0 Å². The molecule has 0 spiro atoms. The number of rotatable bonds is 8. The summed E-state index contributed by atoms with van der Waals surface area (Å²) in [6.07, 6.45) is 7.29. The van der Waals surface area contributed by atoms with Gasteiger partial charge in [-0.3, -0.25) is 4.79 Å². The molecule has 2 aliphatic rings. The molecule has 1 aliphatic carbocycles. The van der Waals surface area contributed by atoms with Crippen LogP contribution in [0.4, 0.5) is 10.5 Å². The molecule has 13 heteroatoms. The maximum Gasteiger partial charge on any atom is 0.319 e. The maximum atomic E-state index is 13.7. The average Bonchev–Trinajstić information content (AvgIpc) is 3.38. The Bertz CT molecular complexity index is 1310. The second-order valence-electron chi connectivity index (χ2n) is 10.9. The van der Waals surface area contributed by atoms with Crippen LogP contribution < -0.4 is 15.4 Å². The zero-order valence-electron chi connectivity index (χ0n) is 23.5. The number of amides is 3. The molecule has 220 valence electrons. The van der Waals surface area contributed by atoms with Crippen LogP contribution in [0.5, 0.6) is 5.75 Å². The average molecular weight is 577 g/mol. The summed E-state index contributed by atoms with van der Waals surface area (Å²) in [7, 11) is -0.760. The van der Waals surface area contributed by atoms with E-state index in [1.54, 1.807) is 41.6 Å². The zero-order valence-corrected chi connectivity index (χ0v) is 24.4. The van der Waals surface area contributed by atoms with Gasteiger partial charge in [0.15, 0.2) is 10.8 Å². The van der Waals surface area contributed by atoms with Crippen molar-refractivity contribution in [3.8, 4) is 5.75 Å². The Morgan fingerprint density at radius 1 is 1.27 bits per heavy atom. The van der Waals surface area contributed by atoms with E-state index in [1.807, 2.05) is 6.92 Å². The topological polar surface area (TPSA) is 146 Å². The lowest BCUT2D eigenvalue weighted by molar-refractivity contribution is 0.0389. The van der Waals surface area contributed by atoms with Crippen molar-refractivity contribution in [3.05, 3.63) is 36.3 Å². The summed E-state index contributed by atoms with van der Waals surface area (Å²) >= 11 is 0. The molecular formula is C27H40N6O6S. The van der Waals surface area contributed by atoms with Crippen molar-refractivity contribution in [2.75, 3.05) is 32.1 Å². The lowest BCUT2D eigenvalue weighted by Crippen LogP contribution is -2.50. The number of nitrogens with one attached hydrogen (secondary N) is 2. The number of aromatic nitrogens is 2. The van der Waals surface area contributed by atoms with Crippen LogP contribution in [-0.4, -0.2) is 89.2 Å². The van der Waals surface area contributed by atoms with E-state index < -0.39 is 28.2 Å². The molecule has 1 aromatic carbocycles. The Hall–Kier alpha value is -3.16. The van der Waals surface area contributed by atoms with Gasteiger partial charge in [0, 0.05) is 38.8 Å². The molecule has 12 nitrogen and oxygen atoms in total. The Labute approximate surface area is 235 Å². The van der Waals surface area contributed by atoms with E-state index in [4.69, 9.17) is 4.74 Å². The summed E-state index contributed by atoms with van der Waals surface area (Å²) in [4.78, 5) is 32.2. The van der Waals surface area contributed by atoms with Crippen LogP contribution in [0.2, 0.25) is 0 Å². The molecule has 1 aromatic heterocycles. The highest BCUT2D eigenvalue weighted by molar-refractivity contribution is 7.89. The number of aliphatic hydroxyl groups is 1. The predicted molar refractivity (Wildman–Crippen MR) is 150 cm³/mol. The summed E-state index contributed by atoms with van der Waals surface area (Å²) in [6, 6.07) is 4.14. The SMILES string of the molecule is C[C@H](CO)N1C[C@H](C)[C@H](CN(C)S(=O)(=O)c2cn(C)cn2)Oc2c(NC(=O)NC3CCCCC3)cccc2C1=O. The highest BCUT2D eigenvalue weighted by Gasteiger charge is 2.36. The van der Waals surface area contributed by atoms with Crippen molar-refractivity contribution in [2.45, 2.75) is 69.2 Å². The maximum absolute atomic E-state index is 13.7. The molecule has 4 rings (SSSR count). The Morgan fingerprint density at radius 3 is 2.65 bits per heavy atom. The minimum atomic E-state index is -3.91. The first-order chi connectivity index (χ1) is 19.0. The lowest BCUT2D eigenvalue weighted by atomic mass is 9.96. The number of hydrogen-bond donors (Lipinski definition) is 3. The second-order valence-corrected chi connectivity index (χ2v) is 12.9. The molecule has 0 saturated heterocycles. The van der Waals surface area contributed by atoms with Gasteiger partial charge in [-0.2, -0.15) is 4.31 Å².